The number of hydrogen-bond donors (Lipinski definition) is 2. The van der Waals surface area contributed by atoms with Gasteiger partial charge < -0.3 is 19.7 Å². The van der Waals surface area contributed by atoms with E-state index < -0.39 is 24.3 Å². The minimum Gasteiger partial charge on any atom is -0.477 e. The summed E-state index contributed by atoms with van der Waals surface area (Å²) in [6.07, 6.45) is 3.29. The van der Waals surface area contributed by atoms with Crippen LogP contribution in [0, 0.1) is 6.92 Å². The van der Waals surface area contributed by atoms with E-state index in [9.17, 15) is 9.59 Å². The lowest BCUT2D eigenvalue weighted by Gasteiger charge is -2.32. The molecule has 1 fully saturated rings. The highest BCUT2D eigenvalue weighted by Gasteiger charge is 2.52. The van der Waals surface area contributed by atoms with Crippen LogP contribution in [0.15, 0.2) is 17.7 Å². The van der Waals surface area contributed by atoms with E-state index in [0.717, 1.165) is 5.47 Å². The summed E-state index contributed by atoms with van der Waals surface area (Å²) in [6.45, 7) is 11.2. The molecule has 1 aliphatic heterocycles. The molecule has 0 aromatic carbocycles. The summed E-state index contributed by atoms with van der Waals surface area (Å²) in [5.74, 6) is -1.23. The molecular weight excluding hydrogens is 335 g/mol. The van der Waals surface area contributed by atoms with Crippen molar-refractivity contribution >= 4 is 25.1 Å². The number of hydrogen-bond acceptors (Lipinski definition) is 5. The molecule has 1 amide bonds. The molecule has 0 aliphatic carbocycles. The van der Waals surface area contributed by atoms with Crippen molar-refractivity contribution < 1.29 is 24.0 Å². The van der Waals surface area contributed by atoms with Crippen LogP contribution in [0.25, 0.3) is 6.08 Å². The van der Waals surface area contributed by atoms with Crippen LogP contribution < -0.4 is 5.32 Å². The number of carbonyl (C=O) groups excluding carboxylic acids is 1. The maximum atomic E-state index is 11.3. The van der Waals surface area contributed by atoms with Gasteiger partial charge in [0.2, 0.25) is 5.91 Å². The van der Waals surface area contributed by atoms with Gasteiger partial charge in [0.25, 0.3) is 0 Å². The normalized spacial score (nSPS) is 18.7. The Labute approximate surface area is 153 Å². The molecule has 0 spiro atoms. The average molecular weight is 360 g/mol. The highest BCUT2D eigenvalue weighted by atomic mass is 16.7. The van der Waals surface area contributed by atoms with Crippen molar-refractivity contribution in [3.63, 3.8) is 0 Å². The molecule has 1 saturated heterocycles. The van der Waals surface area contributed by atoms with Crippen LogP contribution in [-0.2, 0) is 14.1 Å². The van der Waals surface area contributed by atoms with Crippen LogP contribution in [0.5, 0.6) is 0 Å². The van der Waals surface area contributed by atoms with Gasteiger partial charge in [-0.2, -0.15) is 0 Å². The lowest BCUT2D eigenvalue weighted by atomic mass is 9.77. The summed E-state index contributed by atoms with van der Waals surface area (Å²) in [5, 5.41) is 11.9. The van der Waals surface area contributed by atoms with Gasteiger partial charge in [-0.15, -0.1) is 0 Å². The molecule has 0 saturated carbocycles. The first-order chi connectivity index (χ1) is 11.9. The van der Waals surface area contributed by atoms with E-state index in [1.54, 1.807) is 13.0 Å². The molecule has 2 rings (SSSR count). The molecule has 1 aromatic rings. The van der Waals surface area contributed by atoms with Crippen LogP contribution >= 0.6 is 0 Å². The predicted octanol–water partition coefficient (Wildman–Crippen LogP) is 2.24. The molecule has 8 heteroatoms. The van der Waals surface area contributed by atoms with Crippen LogP contribution in [0.1, 0.15) is 56.2 Å². The standard InChI is InChI=1S/C18H25BN2O5/c1-11-7-13(9-21-15(11)16(23)24)8-14(10-20-12(2)22)19-25-17(3,4)18(5,6)26-19/h7-9H,10H2,1-6H3,(H,20,22)(H,23,24). The van der Waals surface area contributed by atoms with Crippen molar-refractivity contribution in [3.8, 4) is 0 Å². The summed E-state index contributed by atoms with van der Waals surface area (Å²) < 4.78 is 12.1. The topological polar surface area (TPSA) is 97.8 Å². The fourth-order valence-electron chi connectivity index (χ4n) is 2.54. The Kier molecular flexibility index (Phi) is 5.58. The van der Waals surface area contributed by atoms with Gasteiger partial charge in [-0.05, 0) is 57.3 Å². The highest BCUT2D eigenvalue weighted by Crippen LogP contribution is 2.38. The number of rotatable bonds is 5. The van der Waals surface area contributed by atoms with Gasteiger partial charge in [0, 0.05) is 19.7 Å². The molecule has 26 heavy (non-hydrogen) atoms. The summed E-state index contributed by atoms with van der Waals surface area (Å²) in [4.78, 5) is 26.5. The molecule has 2 N–H and O–H groups in total. The van der Waals surface area contributed by atoms with E-state index in [2.05, 4.69) is 10.3 Å². The summed E-state index contributed by atoms with van der Waals surface area (Å²) in [5.41, 5.74) is 0.994. The number of pyridine rings is 1. The Morgan fingerprint density at radius 1 is 1.27 bits per heavy atom. The van der Waals surface area contributed by atoms with E-state index in [1.165, 1.54) is 13.1 Å². The molecule has 7 nitrogen and oxygen atoms in total. The van der Waals surface area contributed by atoms with Crippen molar-refractivity contribution in [1.82, 2.24) is 10.3 Å². The van der Waals surface area contributed by atoms with Gasteiger partial charge in [0.15, 0.2) is 5.69 Å². The Morgan fingerprint density at radius 3 is 2.31 bits per heavy atom. The lowest BCUT2D eigenvalue weighted by molar-refractivity contribution is -0.118. The molecule has 1 aliphatic rings. The summed E-state index contributed by atoms with van der Waals surface area (Å²) in [6, 6.07) is 1.73. The first-order valence-electron chi connectivity index (χ1n) is 8.43. The maximum absolute atomic E-state index is 11.3. The third-order valence-electron chi connectivity index (χ3n) is 4.75. The van der Waals surface area contributed by atoms with Crippen molar-refractivity contribution in [2.24, 2.45) is 0 Å². The number of aromatic nitrogens is 1. The van der Waals surface area contributed by atoms with Gasteiger partial charge >= 0.3 is 13.1 Å². The van der Waals surface area contributed by atoms with Crippen LogP contribution in [0.3, 0.4) is 0 Å². The number of carbonyl (C=O) groups is 2. The number of nitrogens with one attached hydrogen (secondary N) is 1. The van der Waals surface area contributed by atoms with E-state index in [4.69, 9.17) is 14.4 Å². The molecule has 0 unspecified atom stereocenters. The monoisotopic (exact) mass is 360 g/mol. The summed E-state index contributed by atoms with van der Waals surface area (Å²) in [7, 11) is -0.619. The molecule has 0 atom stereocenters. The minimum absolute atomic E-state index is 0.0150. The minimum atomic E-state index is -1.07. The molecule has 0 radical (unpaired) electrons. The zero-order valence-electron chi connectivity index (χ0n) is 16.0. The number of aromatic carboxylic acids is 1. The second kappa shape index (κ2) is 7.21. The largest absolute Gasteiger partial charge is 0.492 e. The van der Waals surface area contributed by atoms with E-state index in [0.29, 0.717) is 11.1 Å². The van der Waals surface area contributed by atoms with Crippen molar-refractivity contribution in [1.29, 1.82) is 0 Å². The third kappa shape index (κ3) is 4.31. The molecule has 2 heterocycles. The molecule has 1 aromatic heterocycles. The molecule has 0 bridgehead atoms. The van der Waals surface area contributed by atoms with Crippen LogP contribution in [0.2, 0.25) is 0 Å². The lowest BCUT2D eigenvalue weighted by Crippen LogP contribution is -2.41. The number of amides is 1. The quantitative estimate of drug-likeness (QED) is 0.782. The number of aryl methyl sites for hydroxylation is 1. The third-order valence-corrected chi connectivity index (χ3v) is 4.75. The Hall–Kier alpha value is -2.19. The SMILES string of the molecule is CC(=O)NCC(=Cc1cnc(C(=O)O)c(C)c1)B1OC(C)(C)C(C)(C)O1. The van der Waals surface area contributed by atoms with Crippen LogP contribution in [0.4, 0.5) is 0 Å². The number of carboxylic acid groups (broad SMARTS) is 1. The zero-order chi connectivity index (χ0) is 19.7. The van der Waals surface area contributed by atoms with Gasteiger partial charge in [-0.25, -0.2) is 9.78 Å². The Balaban J connectivity index is 2.36. The average Bonchev–Trinajstić information content (AvgIpc) is 2.71. The Bertz CT molecular complexity index is 742. The van der Waals surface area contributed by atoms with Gasteiger partial charge in [-0.1, -0.05) is 6.08 Å². The molecule has 140 valence electrons. The van der Waals surface area contributed by atoms with Gasteiger partial charge in [-0.3, -0.25) is 4.79 Å². The van der Waals surface area contributed by atoms with Crippen molar-refractivity contribution in [3.05, 3.63) is 34.6 Å². The predicted molar refractivity (Wildman–Crippen MR) is 98.7 cm³/mol. The molecular formula is C18H25BN2O5. The Morgan fingerprint density at radius 2 is 1.85 bits per heavy atom. The highest BCUT2D eigenvalue weighted by molar-refractivity contribution is 6.56. The first kappa shape index (κ1) is 20.1. The fourth-order valence-corrected chi connectivity index (χ4v) is 2.54. The number of nitrogens with zero attached hydrogens (tertiary/aromatic N) is 1. The smallest absolute Gasteiger partial charge is 0.477 e. The van der Waals surface area contributed by atoms with E-state index in [1.807, 2.05) is 33.8 Å². The summed E-state index contributed by atoms with van der Waals surface area (Å²) >= 11 is 0. The number of carboxylic acids is 1. The second-order valence-corrected chi connectivity index (χ2v) is 7.46. The van der Waals surface area contributed by atoms with Gasteiger partial charge in [0.1, 0.15) is 0 Å². The van der Waals surface area contributed by atoms with Crippen molar-refractivity contribution in [2.75, 3.05) is 6.54 Å². The zero-order valence-corrected chi connectivity index (χ0v) is 16.0. The van der Waals surface area contributed by atoms with Crippen molar-refractivity contribution in [2.45, 2.75) is 52.7 Å². The van der Waals surface area contributed by atoms with E-state index >= 15 is 0 Å². The maximum Gasteiger partial charge on any atom is 0.492 e. The fraction of sp³-hybridized carbons (Fsp3) is 0.500. The van der Waals surface area contributed by atoms with Crippen LogP contribution in [-0.4, -0.2) is 46.8 Å². The first-order valence-corrected chi connectivity index (χ1v) is 8.43. The van der Waals surface area contributed by atoms with Gasteiger partial charge in [0.05, 0.1) is 11.2 Å². The second-order valence-electron chi connectivity index (χ2n) is 7.46. The van der Waals surface area contributed by atoms with E-state index in [-0.39, 0.29) is 18.1 Å².